The fraction of sp³-hybridized carbons (Fsp3) is 0.381. The Bertz CT molecular complexity index is 700. The van der Waals surface area contributed by atoms with Gasteiger partial charge in [0.15, 0.2) is 11.5 Å². The summed E-state index contributed by atoms with van der Waals surface area (Å²) in [5.41, 5.74) is 2.87. The third kappa shape index (κ3) is 5.15. The van der Waals surface area contributed by atoms with Crippen LogP contribution < -0.4 is 19.5 Å². The first kappa shape index (κ1) is 19.6. The van der Waals surface area contributed by atoms with E-state index in [4.69, 9.17) is 14.2 Å². The van der Waals surface area contributed by atoms with Crippen LogP contribution in [-0.2, 0) is 17.6 Å². The molecule has 0 aliphatic rings. The molecule has 1 N–H and O–H groups in total. The highest BCUT2D eigenvalue weighted by atomic mass is 16.5. The van der Waals surface area contributed by atoms with Crippen molar-refractivity contribution in [3.8, 4) is 17.2 Å². The first-order valence-corrected chi connectivity index (χ1v) is 8.79. The van der Waals surface area contributed by atoms with Gasteiger partial charge in [-0.05, 0) is 48.2 Å². The van der Waals surface area contributed by atoms with Crippen LogP contribution in [0.5, 0.6) is 17.2 Å². The van der Waals surface area contributed by atoms with E-state index in [1.165, 1.54) is 18.4 Å². The molecule has 2 aromatic carbocycles. The Labute approximate surface area is 155 Å². The lowest BCUT2D eigenvalue weighted by Gasteiger charge is -2.14. The fourth-order valence-electron chi connectivity index (χ4n) is 2.76. The number of carbonyl (C=O) groups is 1. The molecule has 0 spiro atoms. The molecule has 0 aliphatic carbocycles. The maximum atomic E-state index is 12.4. The number of carbonyl (C=O) groups excluding carboxylic acids is 1. The van der Waals surface area contributed by atoms with Gasteiger partial charge in [0.25, 0.3) is 0 Å². The van der Waals surface area contributed by atoms with Crippen molar-refractivity contribution in [3.05, 3.63) is 47.5 Å². The Morgan fingerprint density at radius 3 is 2.04 bits per heavy atom. The molecule has 0 heterocycles. The van der Waals surface area contributed by atoms with Gasteiger partial charge in [0.05, 0.1) is 27.8 Å². The monoisotopic (exact) mass is 357 g/mol. The molecule has 0 unspecified atom stereocenters. The van der Waals surface area contributed by atoms with E-state index in [9.17, 15) is 4.79 Å². The van der Waals surface area contributed by atoms with E-state index in [0.29, 0.717) is 17.2 Å². The van der Waals surface area contributed by atoms with Gasteiger partial charge in [-0.15, -0.1) is 0 Å². The van der Waals surface area contributed by atoms with E-state index in [1.807, 2.05) is 12.1 Å². The van der Waals surface area contributed by atoms with Crippen LogP contribution in [0, 0.1) is 0 Å². The third-order valence-corrected chi connectivity index (χ3v) is 4.15. The van der Waals surface area contributed by atoms with Gasteiger partial charge in [-0.3, -0.25) is 4.79 Å². The summed E-state index contributed by atoms with van der Waals surface area (Å²) in [6, 6.07) is 11.6. The number of hydrogen-bond acceptors (Lipinski definition) is 4. The predicted octanol–water partition coefficient (Wildman–Crippen LogP) is 4.24. The minimum absolute atomic E-state index is 0.0967. The van der Waals surface area contributed by atoms with E-state index < -0.39 is 0 Å². The molecule has 0 saturated heterocycles. The van der Waals surface area contributed by atoms with Gasteiger partial charge in [-0.2, -0.15) is 0 Å². The second kappa shape index (κ2) is 9.70. The van der Waals surface area contributed by atoms with Crippen molar-refractivity contribution in [1.29, 1.82) is 0 Å². The molecule has 0 saturated carbocycles. The zero-order valence-corrected chi connectivity index (χ0v) is 15.9. The van der Waals surface area contributed by atoms with E-state index in [1.54, 1.807) is 33.5 Å². The van der Waals surface area contributed by atoms with E-state index >= 15 is 0 Å². The summed E-state index contributed by atoms with van der Waals surface area (Å²) in [6.45, 7) is 2.18. The molecule has 5 nitrogen and oxygen atoms in total. The van der Waals surface area contributed by atoms with Gasteiger partial charge in [0.1, 0.15) is 0 Å². The largest absolute Gasteiger partial charge is 0.493 e. The van der Waals surface area contributed by atoms with Crippen molar-refractivity contribution in [2.45, 2.75) is 32.6 Å². The summed E-state index contributed by atoms with van der Waals surface area (Å²) in [7, 11) is 4.67. The van der Waals surface area contributed by atoms with Gasteiger partial charge in [-0.25, -0.2) is 0 Å². The second-order valence-electron chi connectivity index (χ2n) is 6.06. The number of benzene rings is 2. The molecular weight excluding hydrogens is 330 g/mol. The molecule has 26 heavy (non-hydrogen) atoms. The Hall–Kier alpha value is -2.69. The van der Waals surface area contributed by atoms with Crippen LogP contribution in [0.15, 0.2) is 36.4 Å². The summed E-state index contributed by atoms with van der Waals surface area (Å²) in [5, 5.41) is 2.93. The van der Waals surface area contributed by atoms with Gasteiger partial charge < -0.3 is 19.5 Å². The Kier molecular flexibility index (Phi) is 7.33. The molecule has 0 fully saturated rings. The quantitative estimate of drug-likeness (QED) is 0.729. The maximum Gasteiger partial charge on any atom is 0.228 e. The van der Waals surface area contributed by atoms with Gasteiger partial charge in [0, 0.05) is 5.69 Å². The smallest absolute Gasteiger partial charge is 0.228 e. The highest BCUT2D eigenvalue weighted by Gasteiger charge is 2.15. The number of anilines is 1. The highest BCUT2D eigenvalue weighted by Crippen LogP contribution is 2.38. The number of hydrogen-bond donors (Lipinski definition) is 1. The van der Waals surface area contributed by atoms with Crippen LogP contribution in [0.3, 0.4) is 0 Å². The SMILES string of the molecule is CCCCc1ccc(NC(=O)Cc2cc(OC)c(OC)c(OC)c2)cc1. The molecule has 0 atom stereocenters. The lowest BCUT2D eigenvalue weighted by Crippen LogP contribution is -2.14. The van der Waals surface area contributed by atoms with E-state index in [-0.39, 0.29) is 12.3 Å². The summed E-state index contributed by atoms with van der Waals surface area (Å²) in [4.78, 5) is 12.4. The van der Waals surface area contributed by atoms with Crippen LogP contribution in [0.4, 0.5) is 5.69 Å². The van der Waals surface area contributed by atoms with E-state index in [0.717, 1.165) is 17.7 Å². The minimum Gasteiger partial charge on any atom is -0.493 e. The first-order chi connectivity index (χ1) is 12.6. The maximum absolute atomic E-state index is 12.4. The van der Waals surface area contributed by atoms with Crippen LogP contribution in [0.1, 0.15) is 30.9 Å². The zero-order valence-electron chi connectivity index (χ0n) is 15.9. The fourth-order valence-corrected chi connectivity index (χ4v) is 2.76. The Morgan fingerprint density at radius 1 is 0.923 bits per heavy atom. The van der Waals surface area contributed by atoms with Crippen LogP contribution in [0.2, 0.25) is 0 Å². The molecule has 1 amide bonds. The van der Waals surface area contributed by atoms with Crippen molar-refractivity contribution in [3.63, 3.8) is 0 Å². The number of nitrogens with one attached hydrogen (secondary N) is 1. The standard InChI is InChI=1S/C21H27NO4/c1-5-6-7-15-8-10-17(11-9-15)22-20(23)14-16-12-18(24-2)21(26-4)19(13-16)25-3/h8-13H,5-7,14H2,1-4H3,(H,22,23). The Balaban J connectivity index is 2.05. The summed E-state index contributed by atoms with van der Waals surface area (Å²) in [6.07, 6.45) is 3.63. The van der Waals surface area contributed by atoms with E-state index in [2.05, 4.69) is 24.4 Å². The average molecular weight is 357 g/mol. The molecule has 0 radical (unpaired) electrons. The number of aryl methyl sites for hydroxylation is 1. The van der Waals surface area contributed by atoms with Crippen molar-refractivity contribution in [1.82, 2.24) is 0 Å². The van der Waals surface area contributed by atoms with Gasteiger partial charge >= 0.3 is 0 Å². The molecular formula is C21H27NO4. The van der Waals surface area contributed by atoms with Crippen LogP contribution >= 0.6 is 0 Å². The first-order valence-electron chi connectivity index (χ1n) is 8.79. The molecule has 140 valence electrons. The highest BCUT2D eigenvalue weighted by molar-refractivity contribution is 5.92. The average Bonchev–Trinajstić information content (AvgIpc) is 2.66. The second-order valence-corrected chi connectivity index (χ2v) is 6.06. The number of rotatable bonds is 9. The minimum atomic E-state index is -0.0967. The predicted molar refractivity (Wildman–Crippen MR) is 103 cm³/mol. The van der Waals surface area contributed by atoms with Gasteiger partial charge in [0.2, 0.25) is 11.7 Å². The number of unbranched alkanes of at least 4 members (excludes halogenated alkanes) is 1. The van der Waals surface area contributed by atoms with Crippen molar-refractivity contribution in [2.24, 2.45) is 0 Å². The lowest BCUT2D eigenvalue weighted by atomic mass is 10.1. The molecule has 2 rings (SSSR count). The van der Waals surface area contributed by atoms with Gasteiger partial charge in [-0.1, -0.05) is 25.5 Å². The normalized spacial score (nSPS) is 10.3. The Morgan fingerprint density at radius 2 is 1.54 bits per heavy atom. The van der Waals surface area contributed by atoms with Crippen LogP contribution in [-0.4, -0.2) is 27.2 Å². The van der Waals surface area contributed by atoms with Crippen molar-refractivity contribution < 1.29 is 19.0 Å². The number of amides is 1. The van der Waals surface area contributed by atoms with Crippen molar-refractivity contribution >= 4 is 11.6 Å². The molecule has 2 aromatic rings. The summed E-state index contributed by atoms with van der Waals surface area (Å²) in [5.74, 6) is 1.49. The summed E-state index contributed by atoms with van der Waals surface area (Å²) >= 11 is 0. The molecule has 0 bridgehead atoms. The number of ether oxygens (including phenoxy) is 3. The molecule has 0 aliphatic heterocycles. The lowest BCUT2D eigenvalue weighted by molar-refractivity contribution is -0.115. The number of methoxy groups -OCH3 is 3. The third-order valence-electron chi connectivity index (χ3n) is 4.15. The van der Waals surface area contributed by atoms with Crippen molar-refractivity contribution in [2.75, 3.05) is 26.6 Å². The molecule has 0 aromatic heterocycles. The molecule has 5 heteroatoms. The van der Waals surface area contributed by atoms with Crippen LogP contribution in [0.25, 0.3) is 0 Å². The topological polar surface area (TPSA) is 56.8 Å². The summed E-state index contributed by atoms with van der Waals surface area (Å²) < 4.78 is 16.0. The zero-order chi connectivity index (χ0) is 18.9.